The van der Waals surface area contributed by atoms with E-state index < -0.39 is 0 Å². The van der Waals surface area contributed by atoms with E-state index in [1.807, 2.05) is 18.2 Å². The maximum absolute atomic E-state index is 10.1. The van der Waals surface area contributed by atoms with E-state index in [1.54, 1.807) is 7.11 Å². The molecule has 0 saturated carbocycles. The molecule has 1 heterocycles. The lowest BCUT2D eigenvalue weighted by Gasteiger charge is -2.29. The first-order valence-corrected chi connectivity index (χ1v) is 7.61. The van der Waals surface area contributed by atoms with E-state index in [9.17, 15) is 5.11 Å². The Morgan fingerprint density at radius 1 is 1.43 bits per heavy atom. The molecule has 4 nitrogen and oxygen atoms in total. The quantitative estimate of drug-likeness (QED) is 0.876. The molecule has 2 atom stereocenters. The number of aliphatic hydroxyl groups excluding tert-OH is 1. The van der Waals surface area contributed by atoms with Crippen LogP contribution in [0, 0.1) is 5.41 Å². The fourth-order valence-electron chi connectivity index (χ4n) is 2.77. The van der Waals surface area contributed by atoms with Crippen LogP contribution in [0.3, 0.4) is 0 Å². The molecule has 1 aromatic rings. The molecule has 2 rings (SSSR count). The van der Waals surface area contributed by atoms with Gasteiger partial charge in [0, 0.05) is 24.6 Å². The average molecular weight is 293 g/mol. The molecule has 2 unspecified atom stereocenters. The Bertz CT molecular complexity index is 468. The lowest BCUT2D eigenvalue weighted by Crippen LogP contribution is -2.34. The van der Waals surface area contributed by atoms with Crippen molar-refractivity contribution < 1.29 is 14.6 Å². The molecule has 0 saturated heterocycles. The first-order valence-electron chi connectivity index (χ1n) is 7.61. The molecule has 1 aliphatic heterocycles. The van der Waals surface area contributed by atoms with Crippen LogP contribution < -0.4 is 14.8 Å². The Morgan fingerprint density at radius 2 is 2.19 bits per heavy atom. The third kappa shape index (κ3) is 4.61. The summed E-state index contributed by atoms with van der Waals surface area (Å²) in [6.45, 7) is 7.73. The molecule has 2 N–H and O–H groups in total. The summed E-state index contributed by atoms with van der Waals surface area (Å²) in [4.78, 5) is 0. The van der Waals surface area contributed by atoms with Crippen LogP contribution >= 0.6 is 0 Å². The summed E-state index contributed by atoms with van der Waals surface area (Å²) in [6, 6.07) is 6.09. The number of benzene rings is 1. The highest BCUT2D eigenvalue weighted by Crippen LogP contribution is 2.34. The Kier molecular flexibility index (Phi) is 5.12. The zero-order valence-corrected chi connectivity index (χ0v) is 13.5. The zero-order valence-electron chi connectivity index (χ0n) is 13.5. The Balaban J connectivity index is 1.99. The minimum absolute atomic E-state index is 0.137. The van der Waals surface area contributed by atoms with Gasteiger partial charge < -0.3 is 19.9 Å². The first-order chi connectivity index (χ1) is 9.89. The lowest BCUT2D eigenvalue weighted by molar-refractivity contribution is 0.113. The average Bonchev–Trinajstić information content (AvgIpc) is 2.42. The standard InChI is InChI=1S/C17H27NO3/c1-17(2,3)10-12(19)11-18-15-7-8-21-16-6-5-13(20-4)9-14(15)16/h5-6,9,12,15,18-19H,7-8,10-11H2,1-4H3. The molecule has 0 fully saturated rings. The van der Waals surface area contributed by atoms with E-state index in [4.69, 9.17) is 9.47 Å². The minimum Gasteiger partial charge on any atom is -0.497 e. The van der Waals surface area contributed by atoms with Crippen molar-refractivity contribution in [1.29, 1.82) is 0 Å². The number of methoxy groups -OCH3 is 1. The van der Waals surface area contributed by atoms with Gasteiger partial charge in [-0.25, -0.2) is 0 Å². The van der Waals surface area contributed by atoms with Gasteiger partial charge in [0.2, 0.25) is 0 Å². The Morgan fingerprint density at radius 3 is 2.86 bits per heavy atom. The fraction of sp³-hybridized carbons (Fsp3) is 0.647. The van der Waals surface area contributed by atoms with Crippen LogP contribution in [0.4, 0.5) is 0 Å². The number of hydrogen-bond donors (Lipinski definition) is 2. The van der Waals surface area contributed by atoms with E-state index >= 15 is 0 Å². The largest absolute Gasteiger partial charge is 0.497 e. The smallest absolute Gasteiger partial charge is 0.124 e. The third-order valence-electron chi connectivity index (χ3n) is 3.70. The van der Waals surface area contributed by atoms with Crippen LogP contribution in [0.25, 0.3) is 0 Å². The molecule has 4 heteroatoms. The van der Waals surface area contributed by atoms with Crippen LogP contribution in [0.1, 0.15) is 45.2 Å². The van der Waals surface area contributed by atoms with Gasteiger partial charge in [0.1, 0.15) is 11.5 Å². The summed E-state index contributed by atoms with van der Waals surface area (Å²) in [5.41, 5.74) is 1.25. The van der Waals surface area contributed by atoms with Gasteiger partial charge in [0.25, 0.3) is 0 Å². The Hall–Kier alpha value is -1.26. The van der Waals surface area contributed by atoms with Crippen molar-refractivity contribution in [1.82, 2.24) is 5.32 Å². The fourth-order valence-corrected chi connectivity index (χ4v) is 2.77. The zero-order chi connectivity index (χ0) is 15.5. The van der Waals surface area contributed by atoms with Crippen LogP contribution in [0.15, 0.2) is 18.2 Å². The number of fused-ring (bicyclic) bond motifs is 1. The number of aliphatic hydroxyl groups is 1. The second kappa shape index (κ2) is 6.67. The normalized spacial score (nSPS) is 19.6. The van der Waals surface area contributed by atoms with Crippen LogP contribution in [0.5, 0.6) is 11.5 Å². The highest BCUT2D eigenvalue weighted by molar-refractivity contribution is 5.43. The van der Waals surface area contributed by atoms with Gasteiger partial charge >= 0.3 is 0 Å². The summed E-state index contributed by atoms with van der Waals surface area (Å²) in [5.74, 6) is 1.74. The number of nitrogens with one attached hydrogen (secondary N) is 1. The van der Waals surface area contributed by atoms with E-state index in [-0.39, 0.29) is 17.6 Å². The van der Waals surface area contributed by atoms with Gasteiger partial charge in [-0.15, -0.1) is 0 Å². The minimum atomic E-state index is -0.332. The summed E-state index contributed by atoms with van der Waals surface area (Å²) < 4.78 is 11.0. The summed E-state index contributed by atoms with van der Waals surface area (Å²) >= 11 is 0. The van der Waals surface area contributed by atoms with Gasteiger partial charge in [-0.1, -0.05) is 20.8 Å². The molecular formula is C17H27NO3. The highest BCUT2D eigenvalue weighted by Gasteiger charge is 2.23. The second-order valence-corrected chi connectivity index (χ2v) is 6.92. The molecule has 0 aromatic heterocycles. The first kappa shape index (κ1) is 16.1. The van der Waals surface area contributed by atoms with Crippen molar-refractivity contribution in [3.8, 4) is 11.5 Å². The number of rotatable bonds is 5. The van der Waals surface area contributed by atoms with Crippen molar-refractivity contribution in [3.63, 3.8) is 0 Å². The van der Waals surface area contributed by atoms with Gasteiger partial charge in [-0.05, 0) is 30.0 Å². The molecule has 0 amide bonds. The monoisotopic (exact) mass is 293 g/mol. The molecule has 0 aliphatic carbocycles. The second-order valence-electron chi connectivity index (χ2n) is 6.92. The van der Waals surface area contributed by atoms with Crippen molar-refractivity contribution in [2.75, 3.05) is 20.3 Å². The predicted molar refractivity (Wildman–Crippen MR) is 83.9 cm³/mol. The maximum atomic E-state index is 10.1. The van der Waals surface area contributed by atoms with Crippen LogP contribution in [-0.2, 0) is 0 Å². The SMILES string of the molecule is COc1ccc2c(c1)C(NCC(O)CC(C)(C)C)CCO2. The van der Waals surface area contributed by atoms with Crippen molar-refractivity contribution in [3.05, 3.63) is 23.8 Å². The van der Waals surface area contributed by atoms with Gasteiger partial charge in [-0.2, -0.15) is 0 Å². The van der Waals surface area contributed by atoms with E-state index in [0.717, 1.165) is 29.9 Å². The lowest BCUT2D eigenvalue weighted by atomic mass is 9.89. The summed E-state index contributed by atoms with van der Waals surface area (Å²) in [7, 11) is 1.67. The third-order valence-corrected chi connectivity index (χ3v) is 3.70. The van der Waals surface area contributed by atoms with Crippen molar-refractivity contribution >= 4 is 0 Å². The van der Waals surface area contributed by atoms with Crippen molar-refractivity contribution in [2.24, 2.45) is 5.41 Å². The predicted octanol–water partition coefficient (Wildman–Crippen LogP) is 2.91. The van der Waals surface area contributed by atoms with Gasteiger partial charge in [0.05, 0.1) is 19.8 Å². The molecular weight excluding hydrogens is 266 g/mol. The topological polar surface area (TPSA) is 50.7 Å². The van der Waals surface area contributed by atoms with E-state index in [0.29, 0.717) is 13.2 Å². The molecule has 21 heavy (non-hydrogen) atoms. The molecule has 0 spiro atoms. The summed E-state index contributed by atoms with van der Waals surface area (Å²) in [5, 5.41) is 13.6. The Labute approximate surface area is 127 Å². The van der Waals surface area contributed by atoms with E-state index in [2.05, 4.69) is 26.1 Å². The maximum Gasteiger partial charge on any atom is 0.124 e. The molecule has 118 valence electrons. The van der Waals surface area contributed by atoms with E-state index in [1.165, 1.54) is 0 Å². The molecule has 1 aromatic carbocycles. The number of ether oxygens (including phenoxy) is 2. The van der Waals surface area contributed by atoms with Crippen LogP contribution in [0.2, 0.25) is 0 Å². The molecule has 1 aliphatic rings. The van der Waals surface area contributed by atoms with Crippen molar-refractivity contribution in [2.45, 2.75) is 45.8 Å². The molecule has 0 bridgehead atoms. The van der Waals surface area contributed by atoms with Gasteiger partial charge in [0.15, 0.2) is 0 Å². The highest BCUT2D eigenvalue weighted by atomic mass is 16.5. The molecule has 0 radical (unpaired) electrons. The number of hydrogen-bond acceptors (Lipinski definition) is 4. The van der Waals surface area contributed by atoms with Crippen LogP contribution in [-0.4, -0.2) is 31.5 Å². The summed E-state index contributed by atoms with van der Waals surface area (Å²) in [6.07, 6.45) is 1.36. The van der Waals surface area contributed by atoms with Gasteiger partial charge in [-0.3, -0.25) is 0 Å².